The zero-order valence-corrected chi connectivity index (χ0v) is 17.5. The van der Waals surface area contributed by atoms with Crippen molar-refractivity contribution in [2.75, 3.05) is 24.3 Å². The summed E-state index contributed by atoms with van der Waals surface area (Å²) in [6, 6.07) is 12.2. The van der Waals surface area contributed by atoms with Crippen LogP contribution < -0.4 is 14.8 Å². The van der Waals surface area contributed by atoms with E-state index in [9.17, 15) is 9.18 Å². The molecule has 0 unspecified atom stereocenters. The number of amides is 1. The van der Waals surface area contributed by atoms with Gasteiger partial charge in [-0.15, -0.1) is 10.2 Å². The molecule has 0 radical (unpaired) electrons. The lowest BCUT2D eigenvalue weighted by Crippen LogP contribution is -2.15. The summed E-state index contributed by atoms with van der Waals surface area (Å²) in [6.07, 6.45) is 2.94. The Labute approximate surface area is 183 Å². The Morgan fingerprint density at radius 1 is 1.13 bits per heavy atom. The quantitative estimate of drug-likeness (QED) is 0.576. The molecule has 1 aliphatic carbocycles. The van der Waals surface area contributed by atoms with E-state index in [0.717, 1.165) is 36.4 Å². The average Bonchev–Trinajstić information content (AvgIpc) is 3.57. The van der Waals surface area contributed by atoms with E-state index in [1.165, 1.54) is 23.9 Å². The smallest absolute Gasteiger partial charge is 0.234 e. The number of benzene rings is 2. The lowest BCUT2D eigenvalue weighted by atomic mass is 10.2. The summed E-state index contributed by atoms with van der Waals surface area (Å²) in [5.41, 5.74) is 1.07. The lowest BCUT2D eigenvalue weighted by Gasteiger charge is -2.11. The van der Waals surface area contributed by atoms with Crippen molar-refractivity contribution < 1.29 is 18.7 Å². The molecule has 3 aromatic rings. The highest BCUT2D eigenvalue weighted by Gasteiger charge is 2.30. The number of rotatable bonds is 6. The van der Waals surface area contributed by atoms with Crippen molar-refractivity contribution in [3.8, 4) is 22.9 Å². The van der Waals surface area contributed by atoms with E-state index in [-0.39, 0.29) is 17.3 Å². The Kier molecular flexibility index (Phi) is 5.50. The van der Waals surface area contributed by atoms with Crippen LogP contribution in [-0.2, 0) is 4.79 Å². The van der Waals surface area contributed by atoms with Gasteiger partial charge in [0.15, 0.2) is 22.5 Å². The molecule has 9 heteroatoms. The van der Waals surface area contributed by atoms with E-state index < -0.39 is 5.82 Å². The van der Waals surface area contributed by atoms with Gasteiger partial charge in [-0.1, -0.05) is 23.9 Å². The van der Waals surface area contributed by atoms with Gasteiger partial charge in [-0.2, -0.15) is 0 Å². The molecule has 1 N–H and O–H groups in total. The number of carbonyl (C=O) groups excluding carboxylic acids is 1. The Balaban J connectivity index is 1.34. The zero-order chi connectivity index (χ0) is 21.2. The average molecular weight is 441 g/mol. The van der Waals surface area contributed by atoms with Gasteiger partial charge in [0.1, 0.15) is 5.82 Å². The Hall–Kier alpha value is -3.07. The number of hydrogen-bond acceptors (Lipinski definition) is 6. The molecule has 1 aliphatic heterocycles. The molecule has 0 atom stereocenters. The summed E-state index contributed by atoms with van der Waals surface area (Å²) in [6.45, 7) is 1.25. The zero-order valence-electron chi connectivity index (χ0n) is 16.7. The van der Waals surface area contributed by atoms with Crippen molar-refractivity contribution in [2.45, 2.75) is 30.5 Å². The number of para-hydroxylation sites is 1. The second kappa shape index (κ2) is 8.58. The molecule has 2 aromatic carbocycles. The molecule has 1 aromatic heterocycles. The highest BCUT2D eigenvalue weighted by molar-refractivity contribution is 7.99. The van der Waals surface area contributed by atoms with Gasteiger partial charge < -0.3 is 14.8 Å². The summed E-state index contributed by atoms with van der Waals surface area (Å²) in [5.74, 6) is 1.55. The highest BCUT2D eigenvalue weighted by Crippen LogP contribution is 2.42. The Morgan fingerprint density at radius 2 is 1.94 bits per heavy atom. The second-order valence-electron chi connectivity index (χ2n) is 7.44. The van der Waals surface area contributed by atoms with Gasteiger partial charge in [0.25, 0.3) is 0 Å². The molecular formula is C22H21FN4O3S. The number of fused-ring (bicyclic) bond motifs is 1. The molecular weight excluding hydrogens is 419 g/mol. The number of nitrogens with zero attached hydrogens (tertiary/aromatic N) is 3. The second-order valence-corrected chi connectivity index (χ2v) is 8.38. The third-order valence-corrected chi connectivity index (χ3v) is 6.01. The topological polar surface area (TPSA) is 78.3 Å². The molecule has 5 rings (SSSR count). The molecule has 1 fully saturated rings. The van der Waals surface area contributed by atoms with E-state index in [2.05, 4.69) is 20.1 Å². The van der Waals surface area contributed by atoms with Gasteiger partial charge in [0, 0.05) is 18.0 Å². The van der Waals surface area contributed by atoms with Crippen LogP contribution >= 0.6 is 11.8 Å². The van der Waals surface area contributed by atoms with Crippen molar-refractivity contribution in [3.63, 3.8) is 0 Å². The molecule has 31 heavy (non-hydrogen) atoms. The van der Waals surface area contributed by atoms with Crippen LogP contribution in [0.25, 0.3) is 11.4 Å². The molecule has 2 heterocycles. The fourth-order valence-electron chi connectivity index (χ4n) is 3.42. The molecule has 160 valence electrons. The largest absolute Gasteiger partial charge is 0.490 e. The number of thioether (sulfide) groups is 1. The highest BCUT2D eigenvalue weighted by atomic mass is 32.2. The lowest BCUT2D eigenvalue weighted by molar-refractivity contribution is -0.113. The van der Waals surface area contributed by atoms with Gasteiger partial charge in [-0.25, -0.2) is 4.39 Å². The first-order chi connectivity index (χ1) is 15.2. The van der Waals surface area contributed by atoms with Gasteiger partial charge in [0.05, 0.1) is 24.7 Å². The molecule has 1 amide bonds. The normalized spacial score (nSPS) is 15.4. The predicted molar refractivity (Wildman–Crippen MR) is 115 cm³/mol. The summed E-state index contributed by atoms with van der Waals surface area (Å²) in [7, 11) is 0. The summed E-state index contributed by atoms with van der Waals surface area (Å²) in [4.78, 5) is 12.3. The number of aromatic nitrogens is 3. The van der Waals surface area contributed by atoms with Crippen molar-refractivity contribution >= 4 is 23.4 Å². The van der Waals surface area contributed by atoms with Crippen LogP contribution in [0.2, 0.25) is 0 Å². The number of hydrogen-bond donors (Lipinski definition) is 1. The third kappa shape index (κ3) is 4.36. The fourth-order valence-corrected chi connectivity index (χ4v) is 4.22. The van der Waals surface area contributed by atoms with Crippen molar-refractivity contribution in [1.29, 1.82) is 0 Å². The maximum atomic E-state index is 13.8. The first-order valence-corrected chi connectivity index (χ1v) is 11.2. The summed E-state index contributed by atoms with van der Waals surface area (Å²) >= 11 is 1.30. The predicted octanol–water partition coefficient (Wildman–Crippen LogP) is 4.31. The third-order valence-electron chi connectivity index (χ3n) is 5.06. The Morgan fingerprint density at radius 3 is 2.74 bits per heavy atom. The fraction of sp³-hybridized carbons (Fsp3) is 0.318. The van der Waals surface area contributed by atoms with E-state index in [4.69, 9.17) is 9.47 Å². The van der Waals surface area contributed by atoms with Crippen LogP contribution in [0.15, 0.2) is 47.6 Å². The molecule has 2 aliphatic rings. The van der Waals surface area contributed by atoms with Crippen LogP contribution in [0.4, 0.5) is 10.1 Å². The maximum absolute atomic E-state index is 13.8. The van der Waals surface area contributed by atoms with Gasteiger partial charge >= 0.3 is 0 Å². The number of anilines is 1. The van der Waals surface area contributed by atoms with Gasteiger partial charge in [0.2, 0.25) is 5.91 Å². The molecule has 0 spiro atoms. The number of carbonyl (C=O) groups is 1. The number of ether oxygens (including phenoxy) is 2. The van der Waals surface area contributed by atoms with Crippen LogP contribution in [0.3, 0.4) is 0 Å². The summed E-state index contributed by atoms with van der Waals surface area (Å²) in [5, 5.41) is 12.0. The molecule has 7 nitrogen and oxygen atoms in total. The minimum absolute atomic E-state index is 0.111. The van der Waals surface area contributed by atoms with Crippen LogP contribution in [0, 0.1) is 5.82 Å². The van der Waals surface area contributed by atoms with E-state index >= 15 is 0 Å². The van der Waals surface area contributed by atoms with E-state index in [1.807, 2.05) is 18.2 Å². The van der Waals surface area contributed by atoms with Crippen LogP contribution in [0.1, 0.15) is 25.3 Å². The van der Waals surface area contributed by atoms with Crippen LogP contribution in [0.5, 0.6) is 11.5 Å². The van der Waals surface area contributed by atoms with E-state index in [0.29, 0.717) is 30.2 Å². The van der Waals surface area contributed by atoms with Crippen LogP contribution in [-0.4, -0.2) is 39.6 Å². The SMILES string of the molecule is O=C(CSc1nnc(-c2ccc3c(c2)OCCCO3)n1C1CC1)Nc1ccccc1F. The number of nitrogens with one attached hydrogen (secondary N) is 1. The first kappa shape index (κ1) is 19.9. The monoisotopic (exact) mass is 440 g/mol. The maximum Gasteiger partial charge on any atom is 0.234 e. The molecule has 0 bridgehead atoms. The molecule has 1 saturated carbocycles. The van der Waals surface area contributed by atoms with Crippen molar-refractivity contribution in [1.82, 2.24) is 14.8 Å². The Bertz CT molecular complexity index is 1120. The first-order valence-electron chi connectivity index (χ1n) is 10.2. The van der Waals surface area contributed by atoms with Gasteiger partial charge in [-0.05, 0) is 43.2 Å². The van der Waals surface area contributed by atoms with Crippen molar-refractivity contribution in [2.24, 2.45) is 0 Å². The summed E-state index contributed by atoms with van der Waals surface area (Å²) < 4.78 is 27.4. The van der Waals surface area contributed by atoms with E-state index in [1.54, 1.807) is 12.1 Å². The number of halogens is 1. The minimum atomic E-state index is -0.460. The minimum Gasteiger partial charge on any atom is -0.490 e. The molecule has 0 saturated heterocycles. The van der Waals surface area contributed by atoms with Crippen molar-refractivity contribution in [3.05, 3.63) is 48.3 Å². The standard InChI is InChI=1S/C22H21FN4O3S/c23-16-4-1-2-5-17(16)24-20(28)13-31-22-26-25-21(27(22)15-7-8-15)14-6-9-18-19(12-14)30-11-3-10-29-18/h1-2,4-6,9,12,15H,3,7-8,10-11,13H2,(H,24,28). The van der Waals surface area contributed by atoms with Gasteiger partial charge in [-0.3, -0.25) is 9.36 Å².